The van der Waals surface area contributed by atoms with E-state index in [-0.39, 0.29) is 11.5 Å². The molecule has 0 N–H and O–H groups in total. The van der Waals surface area contributed by atoms with Crippen LogP contribution in [0.4, 0.5) is 0 Å². The molecule has 2 rings (SSSR count). The molecule has 0 bridgehead atoms. The van der Waals surface area contributed by atoms with Crippen LogP contribution in [0.2, 0.25) is 5.02 Å². The molecule has 0 aliphatic carbocycles. The zero-order valence-corrected chi connectivity index (χ0v) is 14.0. The summed E-state index contributed by atoms with van der Waals surface area (Å²) in [5, 5.41) is 4.34. The van der Waals surface area contributed by atoms with Crippen molar-refractivity contribution in [2.24, 2.45) is 7.05 Å². The molecule has 6 nitrogen and oxygen atoms in total. The van der Waals surface area contributed by atoms with Crippen LogP contribution < -0.4 is 14.2 Å². The fourth-order valence-corrected chi connectivity index (χ4v) is 2.33. The topological polar surface area (TPSA) is 62.6 Å². The van der Waals surface area contributed by atoms with E-state index < -0.39 is 0 Å². The van der Waals surface area contributed by atoms with Crippen molar-refractivity contribution in [2.45, 2.75) is 0 Å². The van der Waals surface area contributed by atoms with Gasteiger partial charge in [-0.25, -0.2) is 0 Å². The lowest BCUT2D eigenvalue weighted by atomic mass is 10.1. The maximum atomic E-state index is 12.2. The predicted octanol–water partition coefficient (Wildman–Crippen LogP) is 3.00. The Kier molecular flexibility index (Phi) is 5.28. The number of hydrogen-bond donors (Lipinski definition) is 0. The summed E-state index contributed by atoms with van der Waals surface area (Å²) in [6.07, 6.45) is 4.58. The molecule has 0 saturated carbocycles. The number of carbonyl (C=O) groups is 1. The van der Waals surface area contributed by atoms with Gasteiger partial charge in [0.1, 0.15) is 5.75 Å². The van der Waals surface area contributed by atoms with Gasteiger partial charge in [0.15, 0.2) is 17.2 Å². The smallest absolute Gasteiger partial charge is 0.207 e. The van der Waals surface area contributed by atoms with E-state index in [0.717, 1.165) is 0 Å². The average molecular weight is 337 g/mol. The molecular weight excluding hydrogens is 320 g/mol. The molecule has 23 heavy (non-hydrogen) atoms. The van der Waals surface area contributed by atoms with Gasteiger partial charge in [0, 0.05) is 24.9 Å². The number of rotatable bonds is 6. The number of allylic oxidation sites excluding steroid dienone is 1. The summed E-state index contributed by atoms with van der Waals surface area (Å²) in [6, 6.07) is 3.41. The first-order chi connectivity index (χ1) is 11.0. The predicted molar refractivity (Wildman–Crippen MR) is 87.7 cm³/mol. The third kappa shape index (κ3) is 3.65. The standard InChI is InChI=1S/C16H17ClN2O4/c1-19-9-11(17)16(18-19)12(20)6-5-10-7-14(22-3)15(23-4)8-13(10)21-2/h5-9H,1-4H3/b6-5+. The number of benzene rings is 1. The fourth-order valence-electron chi connectivity index (χ4n) is 2.05. The van der Waals surface area contributed by atoms with Crippen molar-refractivity contribution >= 4 is 23.5 Å². The van der Waals surface area contributed by atoms with Crippen LogP contribution in [0, 0.1) is 0 Å². The summed E-state index contributed by atoms with van der Waals surface area (Å²) in [5.74, 6) is 1.34. The summed E-state index contributed by atoms with van der Waals surface area (Å²) in [6.45, 7) is 0. The van der Waals surface area contributed by atoms with Gasteiger partial charge in [-0.15, -0.1) is 0 Å². The van der Waals surface area contributed by atoms with Gasteiger partial charge in [-0.1, -0.05) is 11.6 Å². The second-order valence-corrected chi connectivity index (χ2v) is 5.05. The van der Waals surface area contributed by atoms with Crippen molar-refractivity contribution < 1.29 is 19.0 Å². The molecule has 7 heteroatoms. The molecule has 0 aliphatic heterocycles. The fraction of sp³-hybridized carbons (Fsp3) is 0.250. The number of halogens is 1. The molecule has 1 aromatic heterocycles. The van der Waals surface area contributed by atoms with E-state index in [4.69, 9.17) is 25.8 Å². The number of hydrogen-bond acceptors (Lipinski definition) is 5. The van der Waals surface area contributed by atoms with E-state index >= 15 is 0 Å². The molecule has 0 fully saturated rings. The number of ether oxygens (including phenoxy) is 3. The Labute approximate surface area is 139 Å². The third-order valence-corrected chi connectivity index (χ3v) is 3.44. The van der Waals surface area contributed by atoms with Crippen molar-refractivity contribution in [1.82, 2.24) is 9.78 Å². The van der Waals surface area contributed by atoms with Gasteiger partial charge in [-0.2, -0.15) is 5.10 Å². The minimum absolute atomic E-state index is 0.199. The number of aryl methyl sites for hydroxylation is 1. The van der Waals surface area contributed by atoms with E-state index in [1.54, 1.807) is 38.6 Å². The highest BCUT2D eigenvalue weighted by Crippen LogP contribution is 2.35. The summed E-state index contributed by atoms with van der Waals surface area (Å²) >= 11 is 5.97. The van der Waals surface area contributed by atoms with Crippen LogP contribution >= 0.6 is 11.6 Å². The van der Waals surface area contributed by atoms with E-state index in [1.165, 1.54) is 25.0 Å². The first-order valence-corrected chi connectivity index (χ1v) is 7.09. The molecule has 1 aromatic carbocycles. The number of aromatic nitrogens is 2. The number of ketones is 1. The van der Waals surface area contributed by atoms with E-state index in [9.17, 15) is 4.79 Å². The van der Waals surface area contributed by atoms with Gasteiger partial charge in [-0.05, 0) is 18.2 Å². The lowest BCUT2D eigenvalue weighted by molar-refractivity contribution is 0.104. The summed E-state index contributed by atoms with van der Waals surface area (Å²) in [5.41, 5.74) is 0.871. The quantitative estimate of drug-likeness (QED) is 0.599. The molecule has 2 aromatic rings. The zero-order chi connectivity index (χ0) is 17.0. The molecule has 1 heterocycles. The van der Waals surface area contributed by atoms with Crippen LogP contribution in [0.25, 0.3) is 6.08 Å². The minimum atomic E-state index is -0.299. The van der Waals surface area contributed by atoms with Crippen molar-refractivity contribution in [2.75, 3.05) is 21.3 Å². The number of nitrogens with zero attached hydrogens (tertiary/aromatic N) is 2. The van der Waals surface area contributed by atoms with Crippen molar-refractivity contribution in [3.8, 4) is 17.2 Å². The third-order valence-electron chi connectivity index (χ3n) is 3.17. The Bertz CT molecular complexity index is 753. The Balaban J connectivity index is 2.34. The first-order valence-electron chi connectivity index (χ1n) is 6.71. The van der Waals surface area contributed by atoms with E-state index in [1.807, 2.05) is 0 Å². The van der Waals surface area contributed by atoms with Crippen LogP contribution in [0.3, 0.4) is 0 Å². The van der Waals surface area contributed by atoms with Crippen LogP contribution in [0.1, 0.15) is 16.1 Å². The second-order valence-electron chi connectivity index (χ2n) is 4.65. The number of methoxy groups -OCH3 is 3. The lowest BCUT2D eigenvalue weighted by Gasteiger charge is -2.12. The first kappa shape index (κ1) is 16.9. The Morgan fingerprint density at radius 3 is 2.26 bits per heavy atom. The van der Waals surface area contributed by atoms with Crippen molar-refractivity contribution in [3.05, 3.63) is 40.7 Å². The lowest BCUT2D eigenvalue weighted by Crippen LogP contribution is -1.99. The molecule has 0 radical (unpaired) electrons. The summed E-state index contributed by atoms with van der Waals surface area (Å²) in [7, 11) is 6.32. The van der Waals surface area contributed by atoms with Crippen LogP contribution in [0.15, 0.2) is 24.4 Å². The maximum absolute atomic E-state index is 12.2. The van der Waals surface area contributed by atoms with Crippen LogP contribution in [-0.2, 0) is 7.05 Å². The normalized spacial score (nSPS) is 10.8. The van der Waals surface area contributed by atoms with E-state index in [2.05, 4.69) is 5.10 Å². The highest BCUT2D eigenvalue weighted by molar-refractivity contribution is 6.34. The molecule has 0 aliphatic rings. The maximum Gasteiger partial charge on any atom is 0.207 e. The molecule has 122 valence electrons. The van der Waals surface area contributed by atoms with E-state index in [0.29, 0.717) is 27.8 Å². The van der Waals surface area contributed by atoms with Gasteiger partial charge in [-0.3, -0.25) is 9.48 Å². The van der Waals surface area contributed by atoms with Gasteiger partial charge >= 0.3 is 0 Å². The van der Waals surface area contributed by atoms with Gasteiger partial charge in [0.05, 0.1) is 26.4 Å². The zero-order valence-electron chi connectivity index (χ0n) is 13.3. The average Bonchev–Trinajstić information content (AvgIpc) is 2.90. The highest BCUT2D eigenvalue weighted by atomic mass is 35.5. The highest BCUT2D eigenvalue weighted by Gasteiger charge is 2.13. The summed E-state index contributed by atoms with van der Waals surface area (Å²) < 4.78 is 17.3. The number of carbonyl (C=O) groups excluding carboxylic acids is 1. The van der Waals surface area contributed by atoms with Crippen LogP contribution in [0.5, 0.6) is 17.2 Å². The van der Waals surface area contributed by atoms with Crippen molar-refractivity contribution in [3.63, 3.8) is 0 Å². The molecular formula is C16H17ClN2O4. The Hall–Kier alpha value is -2.47. The summed E-state index contributed by atoms with van der Waals surface area (Å²) in [4.78, 5) is 12.2. The van der Waals surface area contributed by atoms with Crippen molar-refractivity contribution in [1.29, 1.82) is 0 Å². The Morgan fingerprint density at radius 2 is 1.74 bits per heavy atom. The SMILES string of the molecule is COc1cc(OC)c(OC)cc1/C=C/C(=O)c1nn(C)cc1Cl. The molecule has 0 atom stereocenters. The second kappa shape index (κ2) is 7.19. The molecule has 0 amide bonds. The largest absolute Gasteiger partial charge is 0.496 e. The Morgan fingerprint density at radius 1 is 1.13 bits per heavy atom. The molecule has 0 unspecified atom stereocenters. The van der Waals surface area contributed by atoms with Gasteiger partial charge < -0.3 is 14.2 Å². The van der Waals surface area contributed by atoms with Gasteiger partial charge in [0.2, 0.25) is 5.78 Å². The monoisotopic (exact) mass is 336 g/mol. The molecule has 0 saturated heterocycles. The van der Waals surface area contributed by atoms with Crippen LogP contribution in [-0.4, -0.2) is 36.9 Å². The molecule has 0 spiro atoms. The minimum Gasteiger partial charge on any atom is -0.496 e. The van der Waals surface area contributed by atoms with Gasteiger partial charge in [0.25, 0.3) is 0 Å².